The van der Waals surface area contributed by atoms with Gasteiger partial charge in [-0.25, -0.2) is 18.4 Å². The second kappa shape index (κ2) is 6.57. The van der Waals surface area contributed by atoms with Crippen molar-refractivity contribution in [1.82, 2.24) is 19.8 Å². The minimum atomic E-state index is -2.98. The molecule has 22 heavy (non-hydrogen) atoms. The lowest BCUT2D eigenvalue weighted by molar-refractivity contribution is 0.0240. The molecule has 1 aromatic rings. The predicted octanol–water partition coefficient (Wildman–Crippen LogP) is -0.594. The third-order valence-electron chi connectivity index (χ3n) is 4.45. The summed E-state index contributed by atoms with van der Waals surface area (Å²) < 4.78 is 29.3. The Kier molecular flexibility index (Phi) is 4.72. The smallest absolute Gasteiger partial charge is 0.153 e. The van der Waals surface area contributed by atoms with Crippen LogP contribution in [0.1, 0.15) is 5.82 Å². The normalized spacial score (nSPS) is 28.6. The van der Waals surface area contributed by atoms with Gasteiger partial charge in [-0.2, -0.15) is 0 Å². The van der Waals surface area contributed by atoms with Crippen LogP contribution in [0.5, 0.6) is 0 Å². The third kappa shape index (κ3) is 3.45. The van der Waals surface area contributed by atoms with Gasteiger partial charge < -0.3 is 4.74 Å². The zero-order chi connectivity index (χ0) is 15.6. The number of rotatable bonds is 5. The Morgan fingerprint density at radius 3 is 2.50 bits per heavy atom. The lowest BCUT2D eigenvalue weighted by Crippen LogP contribution is -2.59. The molecule has 0 amide bonds. The van der Waals surface area contributed by atoms with Crippen LogP contribution < -0.4 is 0 Å². The molecule has 8 heteroatoms. The minimum Gasteiger partial charge on any atom is -0.383 e. The van der Waals surface area contributed by atoms with E-state index in [1.54, 1.807) is 25.6 Å². The van der Waals surface area contributed by atoms with E-state index in [4.69, 9.17) is 4.74 Å². The fraction of sp³-hybridized carbons (Fsp3) is 0.714. The van der Waals surface area contributed by atoms with Gasteiger partial charge in [-0.15, -0.1) is 0 Å². The topological polar surface area (TPSA) is 75.6 Å². The van der Waals surface area contributed by atoms with Gasteiger partial charge >= 0.3 is 0 Å². The van der Waals surface area contributed by atoms with Crippen LogP contribution >= 0.6 is 0 Å². The van der Waals surface area contributed by atoms with Gasteiger partial charge in [0.2, 0.25) is 0 Å². The highest BCUT2D eigenvalue weighted by Gasteiger charge is 2.46. The monoisotopic (exact) mass is 326 g/mol. The molecule has 2 aliphatic rings. The molecular formula is C14H22N4O3S. The summed E-state index contributed by atoms with van der Waals surface area (Å²) in [6.45, 7) is 3.70. The fourth-order valence-electron chi connectivity index (χ4n) is 3.37. The number of sulfone groups is 1. The molecule has 0 bridgehead atoms. The zero-order valence-electron chi connectivity index (χ0n) is 12.8. The summed E-state index contributed by atoms with van der Waals surface area (Å²) >= 11 is 0. The van der Waals surface area contributed by atoms with E-state index in [0.717, 1.165) is 25.5 Å². The van der Waals surface area contributed by atoms with Gasteiger partial charge in [0.25, 0.3) is 0 Å². The molecule has 0 saturated carbocycles. The first-order valence-electron chi connectivity index (χ1n) is 7.52. The molecule has 0 radical (unpaired) electrons. The van der Waals surface area contributed by atoms with Crippen molar-refractivity contribution in [3.05, 3.63) is 24.3 Å². The summed E-state index contributed by atoms with van der Waals surface area (Å²) in [7, 11) is -1.30. The molecule has 0 unspecified atom stereocenters. The largest absolute Gasteiger partial charge is 0.383 e. The van der Waals surface area contributed by atoms with E-state index in [9.17, 15) is 8.42 Å². The van der Waals surface area contributed by atoms with Gasteiger partial charge in [0.15, 0.2) is 9.84 Å². The maximum Gasteiger partial charge on any atom is 0.153 e. The number of hydrogen-bond donors (Lipinski definition) is 0. The molecule has 1 aromatic heterocycles. The molecule has 2 fully saturated rings. The first-order valence-corrected chi connectivity index (χ1v) is 9.34. The lowest BCUT2D eigenvalue weighted by atomic mass is 10.0. The molecule has 0 aliphatic carbocycles. The summed E-state index contributed by atoms with van der Waals surface area (Å²) in [5, 5.41) is 0. The maximum absolute atomic E-state index is 12.1. The lowest BCUT2D eigenvalue weighted by Gasteiger charge is -2.43. The van der Waals surface area contributed by atoms with Crippen molar-refractivity contribution in [2.75, 3.05) is 44.9 Å². The molecule has 0 N–H and O–H groups in total. The molecule has 0 spiro atoms. The van der Waals surface area contributed by atoms with Crippen molar-refractivity contribution in [2.45, 2.75) is 18.6 Å². The Balaban J connectivity index is 1.74. The first kappa shape index (κ1) is 15.8. The Labute approximate surface area is 131 Å². The van der Waals surface area contributed by atoms with Crippen LogP contribution in [0.15, 0.2) is 18.5 Å². The van der Waals surface area contributed by atoms with Gasteiger partial charge in [0.1, 0.15) is 5.82 Å². The Morgan fingerprint density at radius 2 is 1.82 bits per heavy atom. The molecule has 3 heterocycles. The van der Waals surface area contributed by atoms with E-state index >= 15 is 0 Å². The van der Waals surface area contributed by atoms with Crippen molar-refractivity contribution in [3.63, 3.8) is 0 Å². The van der Waals surface area contributed by atoms with Crippen molar-refractivity contribution in [3.8, 4) is 0 Å². The molecular weight excluding hydrogens is 304 g/mol. The number of ether oxygens (including phenoxy) is 1. The molecule has 2 aliphatic heterocycles. The summed E-state index contributed by atoms with van der Waals surface area (Å²) in [4.78, 5) is 13.0. The maximum atomic E-state index is 12.1. The van der Waals surface area contributed by atoms with Crippen LogP contribution in [0.3, 0.4) is 0 Å². The second-order valence-electron chi connectivity index (χ2n) is 5.88. The van der Waals surface area contributed by atoms with E-state index in [1.807, 2.05) is 0 Å². The Hall–Kier alpha value is -1.09. The van der Waals surface area contributed by atoms with Crippen LogP contribution in [0.25, 0.3) is 0 Å². The van der Waals surface area contributed by atoms with Crippen molar-refractivity contribution in [1.29, 1.82) is 0 Å². The number of fused-ring (bicyclic) bond motifs is 1. The van der Waals surface area contributed by atoms with Crippen LogP contribution in [-0.2, 0) is 21.1 Å². The average Bonchev–Trinajstić information content (AvgIpc) is 2.83. The first-order chi connectivity index (χ1) is 10.6. The van der Waals surface area contributed by atoms with Gasteiger partial charge in [0, 0.05) is 51.2 Å². The summed E-state index contributed by atoms with van der Waals surface area (Å²) in [6.07, 6.45) is 3.44. The van der Waals surface area contributed by atoms with Gasteiger partial charge in [0.05, 0.1) is 24.7 Å². The quantitative estimate of drug-likeness (QED) is 0.715. The van der Waals surface area contributed by atoms with E-state index < -0.39 is 9.84 Å². The highest BCUT2D eigenvalue weighted by molar-refractivity contribution is 7.91. The van der Waals surface area contributed by atoms with Crippen molar-refractivity contribution in [2.24, 2.45) is 0 Å². The number of aromatic nitrogens is 2. The van der Waals surface area contributed by atoms with Crippen LogP contribution in [0.4, 0.5) is 0 Å². The van der Waals surface area contributed by atoms with Crippen LogP contribution in [-0.4, -0.2) is 85.1 Å². The number of hydrogen-bond acceptors (Lipinski definition) is 7. The predicted molar refractivity (Wildman–Crippen MR) is 82.1 cm³/mol. The second-order valence-corrected chi connectivity index (χ2v) is 8.03. The molecule has 122 valence electrons. The average molecular weight is 326 g/mol. The Morgan fingerprint density at radius 1 is 1.18 bits per heavy atom. The van der Waals surface area contributed by atoms with E-state index in [2.05, 4.69) is 19.8 Å². The number of piperazine rings is 1. The summed E-state index contributed by atoms with van der Waals surface area (Å²) in [5.41, 5.74) is 0. The SMILES string of the molecule is COCCN1CCN(Cc2ncccn2)[C@H]2CS(=O)(=O)C[C@H]21. The molecule has 3 rings (SSSR count). The fourth-order valence-corrected chi connectivity index (χ4v) is 5.42. The van der Waals surface area contributed by atoms with E-state index in [-0.39, 0.29) is 23.6 Å². The third-order valence-corrected chi connectivity index (χ3v) is 6.15. The highest BCUT2D eigenvalue weighted by Crippen LogP contribution is 2.27. The van der Waals surface area contributed by atoms with Gasteiger partial charge in [-0.3, -0.25) is 9.80 Å². The van der Waals surface area contributed by atoms with E-state index in [0.29, 0.717) is 13.2 Å². The number of methoxy groups -OCH3 is 1. The summed E-state index contributed by atoms with van der Waals surface area (Å²) in [5.74, 6) is 1.22. The van der Waals surface area contributed by atoms with E-state index in [1.165, 1.54) is 0 Å². The molecule has 0 aromatic carbocycles. The summed E-state index contributed by atoms with van der Waals surface area (Å²) in [6, 6.07) is 1.87. The minimum absolute atomic E-state index is 0.0272. The molecule has 7 nitrogen and oxygen atoms in total. The van der Waals surface area contributed by atoms with Gasteiger partial charge in [-0.05, 0) is 6.07 Å². The van der Waals surface area contributed by atoms with Crippen LogP contribution in [0.2, 0.25) is 0 Å². The molecule has 2 saturated heterocycles. The van der Waals surface area contributed by atoms with Crippen molar-refractivity contribution < 1.29 is 13.2 Å². The van der Waals surface area contributed by atoms with Gasteiger partial charge in [-0.1, -0.05) is 0 Å². The molecule has 2 atom stereocenters. The Bertz CT molecular complexity index is 595. The number of nitrogens with zero attached hydrogens (tertiary/aromatic N) is 4. The zero-order valence-corrected chi connectivity index (χ0v) is 13.6. The standard InChI is InChI=1S/C14H22N4O3S/c1-21-8-7-17-5-6-18(9-14-15-3-2-4-16-14)13-11-22(19,20)10-12(13)17/h2-4,12-13H,5-11H2,1H3/t12-,13+/m1/s1. The highest BCUT2D eigenvalue weighted by atomic mass is 32.2. The van der Waals surface area contributed by atoms with Crippen LogP contribution in [0, 0.1) is 0 Å². The van der Waals surface area contributed by atoms with Crippen molar-refractivity contribution >= 4 is 9.84 Å².